The lowest BCUT2D eigenvalue weighted by atomic mass is 10.2. The third kappa shape index (κ3) is 2.55. The molecule has 0 spiro atoms. The number of β-amino-alcohol motifs (C(OH)–C–C–N with tert-alkyl or cyclic N) is 1. The van der Waals surface area contributed by atoms with Gasteiger partial charge in [-0.15, -0.1) is 0 Å². The van der Waals surface area contributed by atoms with Gasteiger partial charge in [0.25, 0.3) is 0 Å². The minimum Gasteiger partial charge on any atom is -0.392 e. The summed E-state index contributed by atoms with van der Waals surface area (Å²) in [5.74, 6) is 0. The highest BCUT2D eigenvalue weighted by Gasteiger charge is 2.44. The second-order valence-corrected chi connectivity index (χ2v) is 3.23. The Bertz CT molecular complexity index is 174. The number of aliphatic hydroxyl groups is 1. The number of hydrogen-bond acceptors (Lipinski definition) is 3. The zero-order chi connectivity index (χ0) is 10.1. The van der Waals surface area contributed by atoms with Crippen molar-refractivity contribution in [1.82, 2.24) is 4.90 Å². The quantitative estimate of drug-likeness (QED) is 0.653. The molecule has 2 atom stereocenters. The van der Waals surface area contributed by atoms with E-state index in [9.17, 15) is 13.2 Å². The first-order valence-electron chi connectivity index (χ1n) is 4.14. The lowest BCUT2D eigenvalue weighted by Crippen LogP contribution is -2.49. The van der Waals surface area contributed by atoms with Crippen LogP contribution in [-0.4, -0.2) is 48.0 Å². The molecule has 0 aliphatic carbocycles. The molecule has 0 aromatic carbocycles. The van der Waals surface area contributed by atoms with Crippen molar-refractivity contribution in [3.8, 4) is 0 Å². The summed E-state index contributed by atoms with van der Waals surface area (Å²) in [4.78, 5) is 1.19. The van der Waals surface area contributed by atoms with Crippen molar-refractivity contribution in [1.29, 1.82) is 0 Å². The van der Waals surface area contributed by atoms with Crippen LogP contribution in [-0.2, 0) is 0 Å². The van der Waals surface area contributed by atoms with E-state index in [-0.39, 0.29) is 13.1 Å². The largest absolute Gasteiger partial charge is 0.405 e. The average Bonchev–Trinajstić information content (AvgIpc) is 2.34. The fourth-order valence-electron chi connectivity index (χ4n) is 1.54. The molecule has 2 unspecified atom stereocenters. The second-order valence-electron chi connectivity index (χ2n) is 3.23. The number of rotatable bonds is 2. The fraction of sp³-hybridized carbons (Fsp3) is 1.00. The molecule has 0 aromatic heterocycles. The van der Waals surface area contributed by atoms with E-state index >= 15 is 0 Å². The summed E-state index contributed by atoms with van der Waals surface area (Å²) in [5, 5.41) is 9.06. The van der Waals surface area contributed by atoms with Crippen LogP contribution in [0.2, 0.25) is 0 Å². The van der Waals surface area contributed by atoms with Crippen LogP contribution in [0.25, 0.3) is 0 Å². The molecule has 0 amide bonds. The van der Waals surface area contributed by atoms with E-state index in [0.29, 0.717) is 6.42 Å². The minimum atomic E-state index is -4.29. The summed E-state index contributed by atoms with van der Waals surface area (Å²) in [6.07, 6.45) is -4.54. The number of hydrogen-bond donors (Lipinski definition) is 2. The molecule has 0 saturated carbocycles. The Labute approximate surface area is 74.3 Å². The first kappa shape index (κ1) is 10.7. The predicted octanol–water partition coefficient (Wildman–Crippen LogP) is -0.0574. The third-order valence-electron chi connectivity index (χ3n) is 2.24. The van der Waals surface area contributed by atoms with Gasteiger partial charge in [0, 0.05) is 19.6 Å². The molecular formula is C7H13F3N2O. The summed E-state index contributed by atoms with van der Waals surface area (Å²) in [6, 6.07) is -1.61. The molecule has 3 nitrogen and oxygen atoms in total. The van der Waals surface area contributed by atoms with Gasteiger partial charge in [0.05, 0.1) is 6.10 Å². The summed E-state index contributed by atoms with van der Waals surface area (Å²) < 4.78 is 36.9. The molecular weight excluding hydrogens is 185 g/mol. The molecule has 0 aromatic rings. The van der Waals surface area contributed by atoms with E-state index in [0.717, 1.165) is 0 Å². The van der Waals surface area contributed by atoms with E-state index in [4.69, 9.17) is 10.8 Å². The SMILES string of the molecule is NCC(N1CCC(O)C1)C(F)(F)F. The number of halogens is 3. The van der Waals surface area contributed by atoms with E-state index in [1.165, 1.54) is 4.90 Å². The molecule has 1 aliphatic rings. The van der Waals surface area contributed by atoms with Crippen molar-refractivity contribution in [2.75, 3.05) is 19.6 Å². The van der Waals surface area contributed by atoms with E-state index in [2.05, 4.69) is 0 Å². The summed E-state index contributed by atoms with van der Waals surface area (Å²) in [5.41, 5.74) is 5.04. The summed E-state index contributed by atoms with van der Waals surface area (Å²) in [6.45, 7) is -0.111. The molecule has 1 aliphatic heterocycles. The Morgan fingerprint density at radius 2 is 2.15 bits per heavy atom. The number of likely N-dealkylation sites (tertiary alicyclic amines) is 1. The fourth-order valence-corrected chi connectivity index (χ4v) is 1.54. The Morgan fingerprint density at radius 3 is 2.46 bits per heavy atom. The van der Waals surface area contributed by atoms with Gasteiger partial charge in [0.1, 0.15) is 6.04 Å². The predicted molar refractivity (Wildman–Crippen MR) is 41.1 cm³/mol. The van der Waals surface area contributed by atoms with Crippen LogP contribution < -0.4 is 5.73 Å². The van der Waals surface area contributed by atoms with Crippen molar-refractivity contribution < 1.29 is 18.3 Å². The molecule has 78 valence electrons. The van der Waals surface area contributed by atoms with Gasteiger partial charge in [0.15, 0.2) is 0 Å². The molecule has 0 bridgehead atoms. The van der Waals surface area contributed by atoms with Gasteiger partial charge < -0.3 is 10.8 Å². The minimum absolute atomic E-state index is 0.0708. The zero-order valence-electron chi connectivity index (χ0n) is 7.09. The van der Waals surface area contributed by atoms with Crippen molar-refractivity contribution in [3.63, 3.8) is 0 Å². The number of nitrogens with zero attached hydrogens (tertiary/aromatic N) is 1. The van der Waals surface area contributed by atoms with E-state index in [1.54, 1.807) is 0 Å². The Morgan fingerprint density at radius 1 is 1.54 bits per heavy atom. The van der Waals surface area contributed by atoms with Gasteiger partial charge in [-0.3, -0.25) is 4.90 Å². The number of nitrogens with two attached hydrogens (primary N) is 1. The lowest BCUT2D eigenvalue weighted by molar-refractivity contribution is -0.178. The average molecular weight is 198 g/mol. The van der Waals surface area contributed by atoms with Crippen LogP contribution in [0.5, 0.6) is 0 Å². The van der Waals surface area contributed by atoms with Crippen LogP contribution in [0.15, 0.2) is 0 Å². The third-order valence-corrected chi connectivity index (χ3v) is 2.24. The maximum absolute atomic E-state index is 12.3. The topological polar surface area (TPSA) is 49.5 Å². The molecule has 13 heavy (non-hydrogen) atoms. The van der Waals surface area contributed by atoms with Gasteiger partial charge in [0.2, 0.25) is 0 Å². The maximum atomic E-state index is 12.3. The zero-order valence-corrected chi connectivity index (χ0v) is 7.09. The first-order valence-corrected chi connectivity index (χ1v) is 4.14. The Kier molecular flexibility index (Phi) is 3.15. The van der Waals surface area contributed by atoms with Crippen LogP contribution >= 0.6 is 0 Å². The molecule has 3 N–H and O–H groups in total. The van der Waals surface area contributed by atoms with Crippen molar-refractivity contribution >= 4 is 0 Å². The molecule has 6 heteroatoms. The number of alkyl halides is 3. The normalized spacial score (nSPS) is 27.9. The maximum Gasteiger partial charge on any atom is 0.405 e. The van der Waals surface area contributed by atoms with Gasteiger partial charge >= 0.3 is 6.18 Å². The summed E-state index contributed by atoms with van der Waals surface area (Å²) in [7, 11) is 0. The molecule has 1 saturated heterocycles. The monoisotopic (exact) mass is 198 g/mol. The van der Waals surface area contributed by atoms with Gasteiger partial charge in [-0.25, -0.2) is 0 Å². The first-order chi connectivity index (χ1) is 5.95. The van der Waals surface area contributed by atoms with Crippen LogP contribution in [0, 0.1) is 0 Å². The Hall–Kier alpha value is -0.330. The highest BCUT2D eigenvalue weighted by molar-refractivity contribution is 4.85. The van der Waals surface area contributed by atoms with Gasteiger partial charge in [-0.05, 0) is 6.42 Å². The molecule has 1 heterocycles. The molecule has 1 fully saturated rings. The molecule has 1 rings (SSSR count). The van der Waals surface area contributed by atoms with Gasteiger partial charge in [-0.2, -0.15) is 13.2 Å². The molecule has 0 radical (unpaired) electrons. The van der Waals surface area contributed by atoms with Crippen LogP contribution in [0.4, 0.5) is 13.2 Å². The van der Waals surface area contributed by atoms with Gasteiger partial charge in [-0.1, -0.05) is 0 Å². The lowest BCUT2D eigenvalue weighted by Gasteiger charge is -2.27. The van der Waals surface area contributed by atoms with Crippen molar-refractivity contribution in [3.05, 3.63) is 0 Å². The smallest absolute Gasteiger partial charge is 0.392 e. The number of aliphatic hydroxyl groups excluding tert-OH is 1. The Balaban J connectivity index is 2.57. The van der Waals surface area contributed by atoms with E-state index in [1.807, 2.05) is 0 Å². The van der Waals surface area contributed by atoms with Crippen molar-refractivity contribution in [2.24, 2.45) is 5.73 Å². The van der Waals surface area contributed by atoms with E-state index < -0.39 is 24.9 Å². The summed E-state index contributed by atoms with van der Waals surface area (Å²) >= 11 is 0. The van der Waals surface area contributed by atoms with Crippen LogP contribution in [0.1, 0.15) is 6.42 Å². The highest BCUT2D eigenvalue weighted by Crippen LogP contribution is 2.26. The van der Waals surface area contributed by atoms with Crippen molar-refractivity contribution in [2.45, 2.75) is 24.7 Å². The second kappa shape index (κ2) is 3.81. The highest BCUT2D eigenvalue weighted by atomic mass is 19.4. The van der Waals surface area contributed by atoms with Crippen LogP contribution in [0.3, 0.4) is 0 Å². The standard InChI is InChI=1S/C7H13F3N2O/c8-7(9,10)6(3-11)12-2-1-5(13)4-12/h5-6,13H,1-4,11H2.